The van der Waals surface area contributed by atoms with E-state index in [0.717, 1.165) is 22.9 Å². The van der Waals surface area contributed by atoms with Crippen molar-refractivity contribution in [1.82, 2.24) is 10.3 Å². The monoisotopic (exact) mass is 409 g/mol. The lowest BCUT2D eigenvalue weighted by molar-refractivity contribution is -0.123. The Morgan fingerprint density at radius 2 is 1.93 bits per heavy atom. The smallest absolute Gasteiger partial charge is 0.258 e. The molecule has 0 fully saturated rings. The predicted molar refractivity (Wildman–Crippen MR) is 115 cm³/mol. The number of hydrogen-bond donors (Lipinski definition) is 2. The number of nitrogens with zero attached hydrogens (tertiary/aromatic N) is 1. The second kappa shape index (κ2) is 9.84. The van der Waals surface area contributed by atoms with Crippen molar-refractivity contribution in [2.45, 2.75) is 26.8 Å². The molecule has 6 nitrogen and oxygen atoms in total. The zero-order valence-corrected chi connectivity index (χ0v) is 17.2. The summed E-state index contributed by atoms with van der Waals surface area (Å²) in [5, 5.41) is 8.61. The van der Waals surface area contributed by atoms with Crippen molar-refractivity contribution in [3.63, 3.8) is 0 Å². The van der Waals surface area contributed by atoms with Gasteiger partial charge in [-0.15, -0.1) is 11.3 Å². The zero-order valence-electron chi connectivity index (χ0n) is 16.4. The van der Waals surface area contributed by atoms with Gasteiger partial charge in [-0.05, 0) is 55.3 Å². The molecule has 0 atom stereocenters. The molecule has 0 saturated heterocycles. The van der Waals surface area contributed by atoms with Gasteiger partial charge in [0.15, 0.2) is 17.5 Å². The highest BCUT2D eigenvalue weighted by Crippen LogP contribution is 2.21. The molecule has 2 aromatic carbocycles. The fraction of sp³-hybridized carbons (Fsp3) is 0.227. The normalized spacial score (nSPS) is 10.4. The lowest BCUT2D eigenvalue weighted by Crippen LogP contribution is -2.28. The number of carbonyl (C=O) groups excluding carboxylic acids is 2. The molecule has 7 heteroatoms. The van der Waals surface area contributed by atoms with Gasteiger partial charge < -0.3 is 15.4 Å². The Balaban J connectivity index is 1.45. The molecule has 0 radical (unpaired) electrons. The standard InChI is InChI=1S/C22H23N3O3S/c1-3-16-5-4-6-20(11-16)28-13-21(27)23-12-19-14-29-22(25-19)24-18-9-7-17(8-10-18)15(2)26/h4-11,14H,3,12-13H2,1-2H3,(H,23,27)(H,24,25). The number of aromatic nitrogens is 1. The highest BCUT2D eigenvalue weighted by Gasteiger charge is 2.07. The summed E-state index contributed by atoms with van der Waals surface area (Å²) >= 11 is 1.45. The number of amides is 1. The summed E-state index contributed by atoms with van der Waals surface area (Å²) in [6.07, 6.45) is 0.921. The van der Waals surface area contributed by atoms with E-state index in [0.29, 0.717) is 17.9 Å². The molecule has 2 N–H and O–H groups in total. The largest absolute Gasteiger partial charge is 0.484 e. The van der Waals surface area contributed by atoms with E-state index in [1.807, 2.05) is 41.8 Å². The van der Waals surface area contributed by atoms with Crippen LogP contribution in [0.1, 0.15) is 35.5 Å². The first-order chi connectivity index (χ1) is 14.0. The number of benzene rings is 2. The number of rotatable bonds is 9. The summed E-state index contributed by atoms with van der Waals surface area (Å²) in [6.45, 7) is 3.91. The Kier molecular flexibility index (Phi) is 6.97. The lowest BCUT2D eigenvalue weighted by atomic mass is 10.1. The highest BCUT2D eigenvalue weighted by atomic mass is 32.1. The van der Waals surface area contributed by atoms with E-state index in [-0.39, 0.29) is 18.3 Å². The summed E-state index contributed by atoms with van der Waals surface area (Å²) in [5.41, 5.74) is 3.45. The number of Topliss-reactive ketones (excluding diaryl/α,β-unsaturated/α-hetero) is 1. The Bertz CT molecular complexity index is 983. The van der Waals surface area contributed by atoms with Crippen LogP contribution in [0.15, 0.2) is 53.9 Å². The van der Waals surface area contributed by atoms with Crippen LogP contribution in [-0.2, 0) is 17.8 Å². The molecule has 150 valence electrons. The number of anilines is 2. The van der Waals surface area contributed by atoms with Crippen LogP contribution in [0.5, 0.6) is 5.75 Å². The number of ketones is 1. The van der Waals surface area contributed by atoms with Crippen LogP contribution in [0.4, 0.5) is 10.8 Å². The first kappa shape index (κ1) is 20.5. The lowest BCUT2D eigenvalue weighted by Gasteiger charge is -2.07. The van der Waals surface area contributed by atoms with E-state index in [9.17, 15) is 9.59 Å². The summed E-state index contributed by atoms with van der Waals surface area (Å²) < 4.78 is 5.54. The fourth-order valence-electron chi connectivity index (χ4n) is 2.60. The van der Waals surface area contributed by atoms with E-state index in [4.69, 9.17) is 4.74 Å². The fourth-order valence-corrected chi connectivity index (χ4v) is 3.33. The Morgan fingerprint density at radius 3 is 2.66 bits per heavy atom. The molecule has 0 saturated carbocycles. The second-order valence-electron chi connectivity index (χ2n) is 6.47. The first-order valence-electron chi connectivity index (χ1n) is 9.34. The molecule has 0 aliphatic rings. The van der Waals surface area contributed by atoms with Crippen molar-refractivity contribution in [2.75, 3.05) is 11.9 Å². The molecule has 0 aliphatic heterocycles. The van der Waals surface area contributed by atoms with Gasteiger partial charge in [-0.2, -0.15) is 0 Å². The van der Waals surface area contributed by atoms with E-state index < -0.39 is 0 Å². The zero-order chi connectivity index (χ0) is 20.6. The quantitative estimate of drug-likeness (QED) is 0.514. The molecule has 1 amide bonds. The predicted octanol–water partition coefficient (Wildman–Crippen LogP) is 4.35. The Morgan fingerprint density at radius 1 is 1.14 bits per heavy atom. The van der Waals surface area contributed by atoms with Crippen molar-refractivity contribution in [1.29, 1.82) is 0 Å². The van der Waals surface area contributed by atoms with Crippen LogP contribution in [0.25, 0.3) is 0 Å². The van der Waals surface area contributed by atoms with Gasteiger partial charge in [0.05, 0.1) is 12.2 Å². The molecule has 3 rings (SSSR count). The Labute approximate surface area is 173 Å². The minimum atomic E-state index is -0.200. The third-order valence-corrected chi connectivity index (χ3v) is 5.04. The summed E-state index contributed by atoms with van der Waals surface area (Å²) in [6, 6.07) is 14.9. The number of aryl methyl sites for hydroxylation is 1. The van der Waals surface area contributed by atoms with E-state index in [1.165, 1.54) is 23.8 Å². The topological polar surface area (TPSA) is 80.3 Å². The second-order valence-corrected chi connectivity index (χ2v) is 7.33. The number of carbonyl (C=O) groups is 2. The molecular weight excluding hydrogens is 386 g/mol. The molecule has 0 aliphatic carbocycles. The van der Waals surface area contributed by atoms with Gasteiger partial charge in [-0.3, -0.25) is 9.59 Å². The summed E-state index contributed by atoms with van der Waals surface area (Å²) in [4.78, 5) is 27.8. The third kappa shape index (κ3) is 6.15. The summed E-state index contributed by atoms with van der Waals surface area (Å²) in [5.74, 6) is 0.524. The number of thiazole rings is 1. The van der Waals surface area contributed by atoms with Crippen LogP contribution in [0, 0.1) is 0 Å². The molecule has 1 heterocycles. The number of nitrogens with one attached hydrogen (secondary N) is 2. The molecule has 0 bridgehead atoms. The van der Waals surface area contributed by atoms with E-state index in [1.54, 1.807) is 12.1 Å². The van der Waals surface area contributed by atoms with Gasteiger partial charge in [-0.25, -0.2) is 4.98 Å². The first-order valence-corrected chi connectivity index (χ1v) is 10.2. The molecule has 1 aromatic heterocycles. The summed E-state index contributed by atoms with van der Waals surface area (Å²) in [7, 11) is 0. The van der Waals surface area contributed by atoms with Crippen molar-refractivity contribution < 1.29 is 14.3 Å². The van der Waals surface area contributed by atoms with Crippen molar-refractivity contribution in [3.8, 4) is 5.75 Å². The van der Waals surface area contributed by atoms with Gasteiger partial charge in [0.2, 0.25) is 0 Å². The van der Waals surface area contributed by atoms with Crippen LogP contribution in [-0.4, -0.2) is 23.3 Å². The van der Waals surface area contributed by atoms with Gasteiger partial charge in [0.25, 0.3) is 5.91 Å². The van der Waals surface area contributed by atoms with Gasteiger partial charge >= 0.3 is 0 Å². The molecule has 0 spiro atoms. The van der Waals surface area contributed by atoms with Crippen LogP contribution >= 0.6 is 11.3 Å². The van der Waals surface area contributed by atoms with Gasteiger partial charge in [0.1, 0.15) is 5.75 Å². The third-order valence-electron chi connectivity index (χ3n) is 4.24. The van der Waals surface area contributed by atoms with Crippen molar-refractivity contribution in [3.05, 3.63) is 70.7 Å². The maximum atomic E-state index is 12.0. The van der Waals surface area contributed by atoms with E-state index >= 15 is 0 Å². The van der Waals surface area contributed by atoms with Crippen LogP contribution < -0.4 is 15.4 Å². The minimum Gasteiger partial charge on any atom is -0.484 e. The van der Waals surface area contributed by atoms with Gasteiger partial charge in [-0.1, -0.05) is 19.1 Å². The molecular formula is C22H23N3O3S. The Hall–Kier alpha value is -3.19. The average Bonchev–Trinajstić information content (AvgIpc) is 3.18. The number of hydrogen-bond acceptors (Lipinski definition) is 6. The van der Waals surface area contributed by atoms with Crippen LogP contribution in [0.3, 0.4) is 0 Å². The number of ether oxygens (including phenoxy) is 1. The van der Waals surface area contributed by atoms with E-state index in [2.05, 4.69) is 22.5 Å². The molecule has 3 aromatic rings. The average molecular weight is 410 g/mol. The minimum absolute atomic E-state index is 0.0332. The van der Waals surface area contributed by atoms with Gasteiger partial charge in [0, 0.05) is 16.6 Å². The maximum absolute atomic E-state index is 12.0. The van der Waals surface area contributed by atoms with Crippen LogP contribution in [0.2, 0.25) is 0 Å². The maximum Gasteiger partial charge on any atom is 0.258 e. The van der Waals surface area contributed by atoms with Crippen molar-refractivity contribution in [2.24, 2.45) is 0 Å². The molecule has 29 heavy (non-hydrogen) atoms. The highest BCUT2D eigenvalue weighted by molar-refractivity contribution is 7.13. The molecule has 0 unspecified atom stereocenters. The SMILES string of the molecule is CCc1cccc(OCC(=O)NCc2csc(Nc3ccc(C(C)=O)cc3)n2)c1. The van der Waals surface area contributed by atoms with Crippen molar-refractivity contribution >= 4 is 33.8 Å².